The molecule has 0 aromatic heterocycles. The van der Waals surface area contributed by atoms with Crippen molar-refractivity contribution in [1.82, 2.24) is 20.4 Å². The first kappa shape index (κ1) is 23.3. The van der Waals surface area contributed by atoms with Gasteiger partial charge in [-0.1, -0.05) is 50.7 Å². The average Bonchev–Trinajstić information content (AvgIpc) is 2.79. The first-order chi connectivity index (χ1) is 15.8. The van der Waals surface area contributed by atoms with Crippen LogP contribution in [-0.4, -0.2) is 37.0 Å². The number of allylic oxidation sites excluding steroid dienone is 6. The summed E-state index contributed by atoms with van der Waals surface area (Å²) in [6.07, 6.45) is 25.8. The van der Waals surface area contributed by atoms with E-state index >= 15 is 0 Å². The first-order valence-corrected chi connectivity index (χ1v) is 13.5. The van der Waals surface area contributed by atoms with Crippen LogP contribution in [-0.2, 0) is 0 Å². The molecule has 0 aliphatic carbocycles. The Labute approximate surface area is 196 Å². The Morgan fingerprint density at radius 2 is 1.34 bits per heavy atom. The van der Waals surface area contributed by atoms with Gasteiger partial charge in [0.25, 0.3) is 0 Å². The molecular formula is C28H46N4. The third-order valence-corrected chi connectivity index (χ3v) is 7.93. The molecule has 4 rings (SSSR count). The monoisotopic (exact) mass is 438 g/mol. The minimum Gasteiger partial charge on any atom is -0.390 e. The minimum absolute atomic E-state index is 1.11. The predicted octanol–water partition coefficient (Wildman–Crippen LogP) is 6.52. The highest BCUT2D eigenvalue weighted by Gasteiger charge is 2.25. The molecule has 4 nitrogen and oxygen atoms in total. The Bertz CT molecular complexity index is 757. The van der Waals surface area contributed by atoms with Crippen LogP contribution in [0, 0.1) is 0 Å². The lowest BCUT2D eigenvalue weighted by molar-refractivity contribution is 0.330. The van der Waals surface area contributed by atoms with E-state index in [1.54, 1.807) is 17.1 Å². The fourth-order valence-corrected chi connectivity index (χ4v) is 6.01. The van der Waals surface area contributed by atoms with Gasteiger partial charge < -0.3 is 20.4 Å². The predicted molar refractivity (Wildman–Crippen MR) is 136 cm³/mol. The lowest BCUT2D eigenvalue weighted by Gasteiger charge is -2.39. The van der Waals surface area contributed by atoms with Crippen LogP contribution in [0.3, 0.4) is 0 Å². The van der Waals surface area contributed by atoms with E-state index in [-0.39, 0.29) is 0 Å². The van der Waals surface area contributed by atoms with Crippen LogP contribution in [0.1, 0.15) is 103 Å². The van der Waals surface area contributed by atoms with Crippen LogP contribution in [0.5, 0.6) is 0 Å². The molecule has 0 spiro atoms. The largest absolute Gasteiger partial charge is 0.390 e. The fraction of sp³-hybridized carbons (Fsp3) is 0.714. The number of rotatable bonds is 13. The van der Waals surface area contributed by atoms with Gasteiger partial charge in [-0.15, -0.1) is 0 Å². The van der Waals surface area contributed by atoms with Gasteiger partial charge in [-0.05, 0) is 51.4 Å². The summed E-state index contributed by atoms with van der Waals surface area (Å²) in [5.41, 5.74) is 9.21. The van der Waals surface area contributed by atoms with Crippen LogP contribution in [0.2, 0.25) is 0 Å². The smallest absolute Gasteiger partial charge is 0.0370 e. The second-order valence-electron chi connectivity index (χ2n) is 10.1. The highest BCUT2D eigenvalue weighted by molar-refractivity contribution is 5.29. The van der Waals surface area contributed by atoms with E-state index in [1.165, 1.54) is 114 Å². The van der Waals surface area contributed by atoms with Gasteiger partial charge >= 0.3 is 0 Å². The molecule has 32 heavy (non-hydrogen) atoms. The summed E-state index contributed by atoms with van der Waals surface area (Å²) in [5.74, 6) is 0. The second-order valence-corrected chi connectivity index (χ2v) is 10.1. The SMILES string of the molecule is CNC1=C2CCCC(=CC1)N2CCCCCCCCCCNC1=C2CCCC(=CC1)N2C. The third-order valence-electron chi connectivity index (χ3n) is 7.93. The Balaban J connectivity index is 1.02. The minimum atomic E-state index is 1.11. The highest BCUT2D eigenvalue weighted by atomic mass is 15.2. The van der Waals surface area contributed by atoms with Gasteiger partial charge in [0.15, 0.2) is 0 Å². The van der Waals surface area contributed by atoms with Gasteiger partial charge in [-0.3, -0.25) is 0 Å². The van der Waals surface area contributed by atoms with E-state index in [9.17, 15) is 0 Å². The summed E-state index contributed by atoms with van der Waals surface area (Å²) in [7, 11) is 4.33. The standard InChI is InChI=1S/C28H46N4/c1-29-25-19-18-24-14-12-16-28(25)32(24)22-10-8-6-4-3-5-7-9-21-30-26-20-17-23-13-11-15-27(26)31(23)2/h17-18,29-30H,3-16,19-22H2,1-2H3. The lowest BCUT2D eigenvalue weighted by atomic mass is 9.95. The van der Waals surface area contributed by atoms with E-state index in [2.05, 4.69) is 46.7 Å². The van der Waals surface area contributed by atoms with Crippen LogP contribution >= 0.6 is 0 Å². The number of nitrogens with one attached hydrogen (secondary N) is 2. The van der Waals surface area contributed by atoms with Crippen molar-refractivity contribution in [3.63, 3.8) is 0 Å². The van der Waals surface area contributed by atoms with Crippen LogP contribution in [0.4, 0.5) is 0 Å². The maximum atomic E-state index is 3.76. The van der Waals surface area contributed by atoms with E-state index in [1.807, 2.05) is 0 Å². The van der Waals surface area contributed by atoms with Crippen LogP contribution in [0.25, 0.3) is 0 Å². The Hall–Kier alpha value is -1.84. The first-order valence-electron chi connectivity index (χ1n) is 13.5. The lowest BCUT2D eigenvalue weighted by Crippen LogP contribution is -2.33. The normalized spacial score (nSPS) is 20.4. The molecule has 0 aromatic carbocycles. The zero-order valence-corrected chi connectivity index (χ0v) is 20.8. The second kappa shape index (κ2) is 11.9. The number of unbranched alkanes of at least 4 members (excludes halogenated alkanes) is 7. The fourth-order valence-electron chi connectivity index (χ4n) is 6.01. The molecule has 0 radical (unpaired) electrons. The van der Waals surface area contributed by atoms with Crippen LogP contribution < -0.4 is 10.6 Å². The van der Waals surface area contributed by atoms with Crippen LogP contribution in [0.15, 0.2) is 46.3 Å². The summed E-state index contributed by atoms with van der Waals surface area (Å²) < 4.78 is 0. The molecule has 0 saturated carbocycles. The van der Waals surface area contributed by atoms with Gasteiger partial charge in [-0.2, -0.15) is 0 Å². The number of piperidine rings is 2. The molecule has 4 aliphatic heterocycles. The molecule has 0 unspecified atom stereocenters. The highest BCUT2D eigenvalue weighted by Crippen LogP contribution is 2.36. The molecule has 0 atom stereocenters. The van der Waals surface area contributed by atoms with Crippen molar-refractivity contribution >= 4 is 0 Å². The summed E-state index contributed by atoms with van der Waals surface area (Å²) in [6, 6.07) is 0. The Morgan fingerprint density at radius 3 is 2.12 bits per heavy atom. The maximum Gasteiger partial charge on any atom is 0.0370 e. The topological polar surface area (TPSA) is 30.5 Å². The van der Waals surface area contributed by atoms with E-state index in [0.29, 0.717) is 0 Å². The summed E-state index contributed by atoms with van der Waals surface area (Å²) in [6.45, 7) is 2.37. The Kier molecular flexibility index (Phi) is 8.64. The summed E-state index contributed by atoms with van der Waals surface area (Å²) >= 11 is 0. The number of hydrogen-bond donors (Lipinski definition) is 2. The molecule has 178 valence electrons. The molecule has 0 amide bonds. The summed E-state index contributed by atoms with van der Waals surface area (Å²) in [5, 5.41) is 7.20. The number of nitrogens with zero attached hydrogens (tertiary/aromatic N) is 2. The molecular weight excluding hydrogens is 392 g/mol. The zero-order chi connectivity index (χ0) is 22.2. The van der Waals surface area contributed by atoms with Crippen molar-refractivity contribution in [2.75, 3.05) is 27.2 Å². The van der Waals surface area contributed by atoms with E-state index in [4.69, 9.17) is 0 Å². The molecule has 2 saturated heterocycles. The van der Waals surface area contributed by atoms with Gasteiger partial charge in [0.2, 0.25) is 0 Å². The van der Waals surface area contributed by atoms with Crippen molar-refractivity contribution < 1.29 is 0 Å². The zero-order valence-electron chi connectivity index (χ0n) is 20.8. The number of hydrogen-bond acceptors (Lipinski definition) is 4. The molecule has 2 fully saturated rings. The van der Waals surface area contributed by atoms with Gasteiger partial charge in [0, 0.05) is 74.2 Å². The molecule has 0 aromatic rings. The van der Waals surface area contributed by atoms with E-state index < -0.39 is 0 Å². The molecule has 4 aliphatic rings. The third kappa shape index (κ3) is 5.74. The van der Waals surface area contributed by atoms with Crippen molar-refractivity contribution in [2.45, 2.75) is 103 Å². The summed E-state index contributed by atoms with van der Waals surface area (Å²) in [4.78, 5) is 5.07. The maximum absolute atomic E-state index is 3.76. The quantitative estimate of drug-likeness (QED) is 0.321. The van der Waals surface area contributed by atoms with E-state index in [0.717, 1.165) is 19.4 Å². The molecule has 4 heteroatoms. The van der Waals surface area contributed by atoms with Crippen molar-refractivity contribution in [3.05, 3.63) is 46.3 Å². The number of fused-ring (bicyclic) bond motifs is 4. The molecule has 4 bridgehead atoms. The van der Waals surface area contributed by atoms with Gasteiger partial charge in [0.05, 0.1) is 0 Å². The van der Waals surface area contributed by atoms with Crippen molar-refractivity contribution in [3.8, 4) is 0 Å². The Morgan fingerprint density at radius 1 is 0.719 bits per heavy atom. The van der Waals surface area contributed by atoms with Gasteiger partial charge in [-0.25, -0.2) is 0 Å². The van der Waals surface area contributed by atoms with Crippen molar-refractivity contribution in [2.24, 2.45) is 0 Å². The average molecular weight is 439 g/mol. The van der Waals surface area contributed by atoms with Gasteiger partial charge in [0.1, 0.15) is 0 Å². The molecule has 2 N–H and O–H groups in total. The van der Waals surface area contributed by atoms with Crippen molar-refractivity contribution in [1.29, 1.82) is 0 Å². The molecule has 4 heterocycles.